The Bertz CT molecular complexity index is 1480. The smallest absolute Gasteiger partial charge is 0.249 e. The van der Waals surface area contributed by atoms with Crippen molar-refractivity contribution < 1.29 is 18.7 Å². The SMILES string of the molecule is O=C(CN(Cc1ccco1)C(=O)COCc1ccccc1)Nc1cc(-c2ccccc2)nn1-c1ccccc1. The van der Waals surface area contributed by atoms with Gasteiger partial charge in [-0.25, -0.2) is 4.68 Å². The van der Waals surface area contributed by atoms with Crippen LogP contribution >= 0.6 is 0 Å². The second kappa shape index (κ2) is 12.5. The topological polar surface area (TPSA) is 89.6 Å². The summed E-state index contributed by atoms with van der Waals surface area (Å²) in [6.07, 6.45) is 1.54. The van der Waals surface area contributed by atoms with Crippen molar-refractivity contribution in [2.75, 3.05) is 18.5 Å². The average molecular weight is 521 g/mol. The lowest BCUT2D eigenvalue weighted by atomic mass is 10.1. The van der Waals surface area contributed by atoms with E-state index in [1.165, 1.54) is 11.2 Å². The number of anilines is 1. The van der Waals surface area contributed by atoms with Gasteiger partial charge in [0.15, 0.2) is 0 Å². The summed E-state index contributed by atoms with van der Waals surface area (Å²) in [5, 5.41) is 7.68. The maximum Gasteiger partial charge on any atom is 0.249 e. The molecule has 5 rings (SSSR count). The van der Waals surface area contributed by atoms with E-state index in [2.05, 4.69) is 5.32 Å². The van der Waals surface area contributed by atoms with Crippen LogP contribution in [0.2, 0.25) is 0 Å². The number of para-hydroxylation sites is 1. The fourth-order valence-corrected chi connectivity index (χ4v) is 4.09. The Morgan fingerprint density at radius 3 is 2.26 bits per heavy atom. The van der Waals surface area contributed by atoms with Gasteiger partial charge in [-0.15, -0.1) is 0 Å². The molecule has 8 heteroatoms. The fourth-order valence-electron chi connectivity index (χ4n) is 4.09. The van der Waals surface area contributed by atoms with Crippen LogP contribution in [-0.2, 0) is 27.5 Å². The molecule has 0 aliphatic rings. The summed E-state index contributed by atoms with van der Waals surface area (Å²) >= 11 is 0. The van der Waals surface area contributed by atoms with Crippen LogP contribution in [0.25, 0.3) is 16.9 Å². The van der Waals surface area contributed by atoms with Crippen molar-refractivity contribution in [2.24, 2.45) is 0 Å². The first-order chi connectivity index (χ1) is 19.2. The highest BCUT2D eigenvalue weighted by atomic mass is 16.5. The molecule has 39 heavy (non-hydrogen) atoms. The number of amides is 2. The third kappa shape index (κ3) is 6.88. The maximum absolute atomic E-state index is 13.3. The third-order valence-corrected chi connectivity index (χ3v) is 6.00. The molecule has 0 bridgehead atoms. The van der Waals surface area contributed by atoms with Gasteiger partial charge in [0, 0.05) is 11.6 Å². The highest BCUT2D eigenvalue weighted by Crippen LogP contribution is 2.24. The van der Waals surface area contributed by atoms with Crippen LogP contribution in [0.1, 0.15) is 11.3 Å². The van der Waals surface area contributed by atoms with Crippen LogP contribution in [0, 0.1) is 0 Å². The third-order valence-electron chi connectivity index (χ3n) is 6.00. The van der Waals surface area contributed by atoms with Gasteiger partial charge in [-0.1, -0.05) is 78.9 Å². The number of carbonyl (C=O) groups excluding carboxylic acids is 2. The summed E-state index contributed by atoms with van der Waals surface area (Å²) in [4.78, 5) is 27.8. The van der Waals surface area contributed by atoms with Crippen LogP contribution in [0.3, 0.4) is 0 Å². The van der Waals surface area contributed by atoms with Gasteiger partial charge in [-0.2, -0.15) is 5.10 Å². The summed E-state index contributed by atoms with van der Waals surface area (Å²) in [6, 6.07) is 34.2. The van der Waals surface area contributed by atoms with Crippen molar-refractivity contribution in [1.82, 2.24) is 14.7 Å². The molecule has 2 amide bonds. The number of carbonyl (C=O) groups is 2. The van der Waals surface area contributed by atoms with E-state index in [1.54, 1.807) is 16.8 Å². The molecule has 2 heterocycles. The molecule has 5 aromatic rings. The second-order valence-electron chi connectivity index (χ2n) is 8.88. The number of aromatic nitrogens is 2. The van der Waals surface area contributed by atoms with E-state index in [9.17, 15) is 9.59 Å². The van der Waals surface area contributed by atoms with Crippen LogP contribution in [0.15, 0.2) is 120 Å². The molecule has 0 spiro atoms. The molecular formula is C31H28N4O4. The number of ether oxygens (including phenoxy) is 1. The van der Waals surface area contributed by atoms with Gasteiger partial charge in [0.1, 0.15) is 24.7 Å². The standard InChI is InChI=1S/C31H28N4O4/c36-30(21-34(20-27-17-10-18-39-27)31(37)23-38-22-24-11-4-1-5-12-24)32-29-19-28(25-13-6-2-7-14-25)33-35(29)26-15-8-3-9-16-26/h1-19H,20-23H2,(H,32,36). The van der Waals surface area contributed by atoms with E-state index in [0.717, 1.165) is 16.8 Å². The van der Waals surface area contributed by atoms with Gasteiger partial charge in [0.25, 0.3) is 0 Å². The summed E-state index contributed by atoms with van der Waals surface area (Å²) in [5.74, 6) is 0.379. The lowest BCUT2D eigenvalue weighted by Gasteiger charge is -2.21. The number of hydrogen-bond donors (Lipinski definition) is 1. The number of hydrogen-bond acceptors (Lipinski definition) is 5. The number of nitrogens with zero attached hydrogens (tertiary/aromatic N) is 3. The Morgan fingerprint density at radius 2 is 1.56 bits per heavy atom. The van der Waals surface area contributed by atoms with E-state index >= 15 is 0 Å². The van der Waals surface area contributed by atoms with Crippen LogP contribution < -0.4 is 5.32 Å². The predicted octanol–water partition coefficient (Wildman–Crippen LogP) is 5.32. The van der Waals surface area contributed by atoms with Crippen molar-refractivity contribution in [3.8, 4) is 16.9 Å². The minimum absolute atomic E-state index is 0.140. The molecular weight excluding hydrogens is 492 g/mol. The minimum Gasteiger partial charge on any atom is -0.467 e. The second-order valence-corrected chi connectivity index (χ2v) is 8.88. The van der Waals surface area contributed by atoms with E-state index in [-0.39, 0.29) is 31.5 Å². The van der Waals surface area contributed by atoms with Crippen molar-refractivity contribution in [3.63, 3.8) is 0 Å². The summed E-state index contributed by atoms with van der Waals surface area (Å²) in [5.41, 5.74) is 3.40. The Kier molecular flexibility index (Phi) is 8.25. The minimum atomic E-state index is -0.366. The number of furan rings is 1. The van der Waals surface area contributed by atoms with Gasteiger partial charge in [-0.3, -0.25) is 9.59 Å². The molecule has 8 nitrogen and oxygen atoms in total. The highest BCUT2D eigenvalue weighted by Gasteiger charge is 2.21. The quantitative estimate of drug-likeness (QED) is 0.255. The normalized spacial score (nSPS) is 10.8. The molecule has 1 N–H and O–H groups in total. The zero-order chi connectivity index (χ0) is 26.9. The predicted molar refractivity (Wildman–Crippen MR) is 148 cm³/mol. The molecule has 2 aromatic heterocycles. The number of benzene rings is 3. The first-order valence-corrected chi connectivity index (χ1v) is 12.6. The zero-order valence-corrected chi connectivity index (χ0v) is 21.3. The fraction of sp³-hybridized carbons (Fsp3) is 0.129. The summed E-state index contributed by atoms with van der Waals surface area (Å²) in [7, 11) is 0. The Labute approximate surface area is 226 Å². The lowest BCUT2D eigenvalue weighted by molar-refractivity contribution is -0.140. The van der Waals surface area contributed by atoms with Crippen molar-refractivity contribution in [2.45, 2.75) is 13.2 Å². The van der Waals surface area contributed by atoms with Gasteiger partial charge in [0.05, 0.1) is 30.8 Å². The van der Waals surface area contributed by atoms with Crippen molar-refractivity contribution >= 4 is 17.6 Å². The molecule has 0 radical (unpaired) electrons. The number of rotatable bonds is 11. The van der Waals surface area contributed by atoms with Crippen LogP contribution in [-0.4, -0.2) is 39.6 Å². The van der Waals surface area contributed by atoms with Crippen LogP contribution in [0.5, 0.6) is 0 Å². The monoisotopic (exact) mass is 520 g/mol. The average Bonchev–Trinajstić information content (AvgIpc) is 3.64. The lowest BCUT2D eigenvalue weighted by Crippen LogP contribution is -2.39. The Balaban J connectivity index is 1.31. The molecule has 0 saturated heterocycles. The molecule has 3 aromatic carbocycles. The Hall–Kier alpha value is -4.95. The molecule has 0 atom stereocenters. The summed E-state index contributed by atoms with van der Waals surface area (Å²) < 4.78 is 12.8. The van der Waals surface area contributed by atoms with Gasteiger partial charge < -0.3 is 19.4 Å². The first-order valence-electron chi connectivity index (χ1n) is 12.6. The molecule has 0 unspecified atom stereocenters. The van der Waals surface area contributed by atoms with Gasteiger partial charge >= 0.3 is 0 Å². The Morgan fingerprint density at radius 1 is 0.872 bits per heavy atom. The van der Waals surface area contributed by atoms with Crippen molar-refractivity contribution in [3.05, 3.63) is 127 Å². The summed E-state index contributed by atoms with van der Waals surface area (Å²) in [6.45, 7) is 0.0882. The molecule has 196 valence electrons. The van der Waals surface area contributed by atoms with E-state index in [1.807, 2.05) is 97.1 Å². The van der Waals surface area contributed by atoms with E-state index in [4.69, 9.17) is 14.3 Å². The zero-order valence-electron chi connectivity index (χ0n) is 21.3. The maximum atomic E-state index is 13.3. The van der Waals surface area contributed by atoms with Crippen LogP contribution in [0.4, 0.5) is 5.82 Å². The van der Waals surface area contributed by atoms with Gasteiger partial charge in [-0.05, 0) is 29.8 Å². The molecule has 0 aliphatic carbocycles. The van der Waals surface area contributed by atoms with Gasteiger partial charge in [0.2, 0.25) is 11.8 Å². The van der Waals surface area contributed by atoms with Crippen molar-refractivity contribution in [1.29, 1.82) is 0 Å². The van der Waals surface area contributed by atoms with E-state index in [0.29, 0.717) is 23.9 Å². The largest absolute Gasteiger partial charge is 0.467 e. The molecule has 0 saturated carbocycles. The highest BCUT2D eigenvalue weighted by molar-refractivity contribution is 5.94. The number of nitrogens with one attached hydrogen (secondary N) is 1. The molecule has 0 fully saturated rings. The first kappa shape index (κ1) is 25.7. The van der Waals surface area contributed by atoms with E-state index < -0.39 is 0 Å². The molecule has 0 aliphatic heterocycles.